The van der Waals surface area contributed by atoms with Crippen LogP contribution in [0.1, 0.15) is 5.76 Å². The molecule has 0 atom stereocenters. The fraction of sp³-hybridized carbons (Fsp3) is 0.0833. The summed E-state index contributed by atoms with van der Waals surface area (Å²) < 4.78 is 18.5. The first kappa shape index (κ1) is 12.9. The molecule has 0 bridgehead atoms. The second-order valence-electron chi connectivity index (χ2n) is 3.51. The van der Waals surface area contributed by atoms with Crippen molar-refractivity contribution in [3.8, 4) is 0 Å². The molecule has 0 fully saturated rings. The molecule has 1 aromatic heterocycles. The lowest BCUT2D eigenvalue weighted by Crippen LogP contribution is -2.28. The minimum atomic E-state index is -0.415. The van der Waals surface area contributed by atoms with Gasteiger partial charge in [-0.15, -0.1) is 0 Å². The second kappa shape index (κ2) is 5.84. The first-order valence-corrected chi connectivity index (χ1v) is 5.96. The summed E-state index contributed by atoms with van der Waals surface area (Å²) >= 11 is 10.8. The van der Waals surface area contributed by atoms with E-state index >= 15 is 0 Å². The van der Waals surface area contributed by atoms with Crippen LogP contribution >= 0.6 is 23.8 Å². The Balaban J connectivity index is 1.92. The Morgan fingerprint density at radius 3 is 2.94 bits per heavy atom. The summed E-state index contributed by atoms with van der Waals surface area (Å²) in [5.74, 6) is 0.326. The number of thiocarbonyl (C=S) groups is 1. The van der Waals surface area contributed by atoms with Crippen LogP contribution in [0.2, 0.25) is 5.02 Å². The maximum atomic E-state index is 13.4. The maximum Gasteiger partial charge on any atom is 0.171 e. The zero-order valence-electron chi connectivity index (χ0n) is 9.24. The van der Waals surface area contributed by atoms with E-state index in [9.17, 15) is 4.39 Å². The van der Waals surface area contributed by atoms with Crippen molar-refractivity contribution in [2.75, 3.05) is 5.32 Å². The molecule has 94 valence electrons. The van der Waals surface area contributed by atoms with Gasteiger partial charge in [0.2, 0.25) is 0 Å². The number of hydrogen-bond donors (Lipinski definition) is 2. The summed E-state index contributed by atoms with van der Waals surface area (Å²) in [5, 5.41) is 6.37. The van der Waals surface area contributed by atoms with E-state index in [1.54, 1.807) is 12.3 Å². The van der Waals surface area contributed by atoms with Crippen molar-refractivity contribution in [3.63, 3.8) is 0 Å². The van der Waals surface area contributed by atoms with Crippen molar-refractivity contribution in [3.05, 3.63) is 53.2 Å². The average molecular weight is 285 g/mol. The minimum absolute atomic E-state index is 0.236. The standard InChI is InChI=1S/C12H10ClFN2OS/c13-8-3-4-10(14)11(6-8)16-12(18)15-7-9-2-1-5-17-9/h1-6H,7H2,(H2,15,16,18). The van der Waals surface area contributed by atoms with Gasteiger partial charge in [-0.2, -0.15) is 0 Å². The highest BCUT2D eigenvalue weighted by molar-refractivity contribution is 7.80. The lowest BCUT2D eigenvalue weighted by atomic mass is 10.3. The van der Waals surface area contributed by atoms with Gasteiger partial charge in [0.1, 0.15) is 11.6 Å². The van der Waals surface area contributed by atoms with Crippen LogP contribution in [0.4, 0.5) is 10.1 Å². The number of hydrogen-bond acceptors (Lipinski definition) is 2. The molecule has 0 radical (unpaired) electrons. The van der Waals surface area contributed by atoms with Crippen LogP contribution in [0, 0.1) is 5.82 Å². The highest BCUT2D eigenvalue weighted by atomic mass is 35.5. The Morgan fingerprint density at radius 1 is 1.39 bits per heavy atom. The molecule has 18 heavy (non-hydrogen) atoms. The van der Waals surface area contributed by atoms with Gasteiger partial charge in [0.25, 0.3) is 0 Å². The van der Waals surface area contributed by atoms with Gasteiger partial charge >= 0.3 is 0 Å². The van der Waals surface area contributed by atoms with Crippen LogP contribution in [0.5, 0.6) is 0 Å². The summed E-state index contributed by atoms with van der Waals surface area (Å²) in [5.41, 5.74) is 0.236. The molecule has 2 N–H and O–H groups in total. The third kappa shape index (κ3) is 3.45. The molecule has 3 nitrogen and oxygen atoms in total. The van der Waals surface area contributed by atoms with Gasteiger partial charge in [-0.05, 0) is 42.5 Å². The van der Waals surface area contributed by atoms with Crippen molar-refractivity contribution in [2.45, 2.75) is 6.54 Å². The quantitative estimate of drug-likeness (QED) is 0.845. The normalized spacial score (nSPS) is 10.1. The van der Waals surface area contributed by atoms with Crippen molar-refractivity contribution in [1.29, 1.82) is 0 Å². The molecule has 0 aliphatic carbocycles. The number of furan rings is 1. The number of nitrogens with one attached hydrogen (secondary N) is 2. The summed E-state index contributed by atoms with van der Waals surface area (Å²) in [7, 11) is 0. The summed E-state index contributed by atoms with van der Waals surface area (Å²) in [4.78, 5) is 0. The molecule has 0 aliphatic heterocycles. The van der Waals surface area contributed by atoms with Crippen LogP contribution in [0.15, 0.2) is 41.0 Å². The number of benzene rings is 1. The van der Waals surface area contributed by atoms with Gasteiger partial charge in [0.05, 0.1) is 18.5 Å². The molecular formula is C12H10ClFN2OS. The van der Waals surface area contributed by atoms with E-state index in [-0.39, 0.29) is 5.69 Å². The smallest absolute Gasteiger partial charge is 0.171 e. The Labute approximate surface area is 114 Å². The summed E-state index contributed by atoms with van der Waals surface area (Å²) in [6.45, 7) is 0.432. The molecule has 0 spiro atoms. The van der Waals surface area contributed by atoms with Gasteiger partial charge < -0.3 is 15.1 Å². The van der Waals surface area contributed by atoms with E-state index in [0.717, 1.165) is 5.76 Å². The monoisotopic (exact) mass is 284 g/mol. The van der Waals surface area contributed by atoms with Crippen molar-refractivity contribution in [2.24, 2.45) is 0 Å². The van der Waals surface area contributed by atoms with Crippen molar-refractivity contribution >= 4 is 34.6 Å². The molecule has 0 saturated carbocycles. The molecule has 2 rings (SSSR count). The van der Waals surface area contributed by atoms with E-state index < -0.39 is 5.82 Å². The lowest BCUT2D eigenvalue weighted by molar-refractivity contribution is 0.503. The first-order valence-electron chi connectivity index (χ1n) is 5.17. The molecule has 0 unspecified atom stereocenters. The Morgan fingerprint density at radius 2 is 2.22 bits per heavy atom. The van der Waals surface area contributed by atoms with Crippen LogP contribution in [0.3, 0.4) is 0 Å². The van der Waals surface area contributed by atoms with Crippen LogP contribution < -0.4 is 10.6 Å². The third-order valence-corrected chi connectivity index (χ3v) is 2.66. The predicted octanol–water partition coefficient (Wildman–Crippen LogP) is 3.56. The highest BCUT2D eigenvalue weighted by Gasteiger charge is 2.05. The maximum absolute atomic E-state index is 13.4. The molecule has 6 heteroatoms. The Kier molecular flexibility index (Phi) is 4.17. The van der Waals surface area contributed by atoms with E-state index in [1.807, 2.05) is 6.07 Å². The second-order valence-corrected chi connectivity index (χ2v) is 4.36. The molecule has 1 aromatic carbocycles. The highest BCUT2D eigenvalue weighted by Crippen LogP contribution is 2.19. The molecular weight excluding hydrogens is 275 g/mol. The largest absolute Gasteiger partial charge is 0.467 e. The van der Waals surface area contributed by atoms with Gasteiger partial charge in [-0.1, -0.05) is 11.6 Å². The number of rotatable bonds is 3. The van der Waals surface area contributed by atoms with Gasteiger partial charge in [0, 0.05) is 5.02 Å². The predicted molar refractivity (Wildman–Crippen MR) is 73.2 cm³/mol. The minimum Gasteiger partial charge on any atom is -0.467 e. The Hall–Kier alpha value is -1.59. The Bertz CT molecular complexity index is 545. The zero-order chi connectivity index (χ0) is 13.0. The molecule has 1 heterocycles. The van der Waals surface area contributed by atoms with Crippen LogP contribution in [0.25, 0.3) is 0 Å². The molecule has 0 amide bonds. The zero-order valence-corrected chi connectivity index (χ0v) is 10.8. The summed E-state index contributed by atoms with van der Waals surface area (Å²) in [6, 6.07) is 7.82. The van der Waals surface area contributed by atoms with Crippen molar-refractivity contribution in [1.82, 2.24) is 5.32 Å². The number of anilines is 1. The topological polar surface area (TPSA) is 37.2 Å². The molecule has 2 aromatic rings. The lowest BCUT2D eigenvalue weighted by Gasteiger charge is -2.10. The first-order chi connectivity index (χ1) is 8.65. The van der Waals surface area contributed by atoms with Crippen molar-refractivity contribution < 1.29 is 8.81 Å². The van der Waals surface area contributed by atoms with Crippen LogP contribution in [-0.2, 0) is 6.54 Å². The van der Waals surface area contributed by atoms with Gasteiger partial charge in [-0.25, -0.2) is 4.39 Å². The average Bonchev–Trinajstić information content (AvgIpc) is 2.84. The molecule has 0 saturated heterocycles. The fourth-order valence-corrected chi connectivity index (χ4v) is 1.69. The van der Waals surface area contributed by atoms with Gasteiger partial charge in [-0.3, -0.25) is 0 Å². The fourth-order valence-electron chi connectivity index (χ4n) is 1.34. The number of halogens is 2. The summed E-state index contributed by atoms with van der Waals surface area (Å²) in [6.07, 6.45) is 1.57. The van der Waals surface area contributed by atoms with E-state index in [2.05, 4.69) is 10.6 Å². The van der Waals surface area contributed by atoms with Gasteiger partial charge in [0.15, 0.2) is 5.11 Å². The van der Waals surface area contributed by atoms with E-state index in [4.69, 9.17) is 28.2 Å². The van der Waals surface area contributed by atoms with E-state index in [0.29, 0.717) is 16.7 Å². The SMILES string of the molecule is Fc1ccc(Cl)cc1NC(=S)NCc1ccco1. The third-order valence-electron chi connectivity index (χ3n) is 2.18. The van der Waals surface area contributed by atoms with E-state index in [1.165, 1.54) is 18.2 Å². The molecule has 0 aliphatic rings. The van der Waals surface area contributed by atoms with Crippen LogP contribution in [-0.4, -0.2) is 5.11 Å².